The number of carbonyl (C=O) groups is 1. The Bertz CT molecular complexity index is 1220. The summed E-state index contributed by atoms with van der Waals surface area (Å²) in [7, 11) is -0.919. The van der Waals surface area contributed by atoms with Crippen LogP contribution in [0.25, 0.3) is 10.2 Å². The molecule has 32 heavy (non-hydrogen) atoms. The van der Waals surface area contributed by atoms with E-state index in [0.29, 0.717) is 23.6 Å². The molecular weight excluding hydrogens is 450 g/mol. The molecule has 8 nitrogen and oxygen atoms in total. The number of ether oxygens (including phenoxy) is 2. The van der Waals surface area contributed by atoms with Gasteiger partial charge in [-0.2, -0.15) is 4.72 Å². The quantitative estimate of drug-likeness (QED) is 0.483. The van der Waals surface area contributed by atoms with Crippen LogP contribution in [0.5, 0.6) is 11.5 Å². The van der Waals surface area contributed by atoms with E-state index in [0.717, 1.165) is 15.2 Å². The molecule has 172 valence electrons. The fourth-order valence-corrected chi connectivity index (χ4v) is 5.42. The Balaban J connectivity index is 1.85. The molecule has 1 atom stereocenters. The van der Waals surface area contributed by atoms with E-state index in [1.54, 1.807) is 30.3 Å². The number of sulfonamides is 1. The molecule has 0 bridgehead atoms. The third kappa shape index (κ3) is 5.56. The van der Waals surface area contributed by atoms with Gasteiger partial charge < -0.3 is 14.8 Å². The Morgan fingerprint density at radius 3 is 2.53 bits per heavy atom. The molecule has 1 heterocycles. The summed E-state index contributed by atoms with van der Waals surface area (Å²) in [6.45, 7) is 5.72. The first kappa shape index (κ1) is 24.0. The number of benzene rings is 2. The first-order chi connectivity index (χ1) is 15.1. The van der Waals surface area contributed by atoms with E-state index >= 15 is 0 Å². The van der Waals surface area contributed by atoms with Crippen molar-refractivity contribution in [3.63, 3.8) is 0 Å². The molecule has 1 unspecified atom stereocenters. The highest BCUT2D eigenvalue weighted by atomic mass is 32.2. The van der Waals surface area contributed by atoms with E-state index in [1.165, 1.54) is 31.6 Å². The lowest BCUT2D eigenvalue weighted by Crippen LogP contribution is -2.44. The number of carbonyl (C=O) groups excluding carboxylic acids is 1. The summed E-state index contributed by atoms with van der Waals surface area (Å²) >= 11 is 1.42. The van der Waals surface area contributed by atoms with Crippen LogP contribution in [0.1, 0.15) is 25.3 Å². The molecule has 0 radical (unpaired) electrons. The molecule has 0 spiro atoms. The van der Waals surface area contributed by atoms with Crippen LogP contribution < -0.4 is 19.5 Å². The number of amides is 1. The van der Waals surface area contributed by atoms with Gasteiger partial charge in [-0.25, -0.2) is 13.4 Å². The van der Waals surface area contributed by atoms with Crippen LogP contribution in [0, 0.1) is 12.8 Å². The lowest BCUT2D eigenvalue weighted by Gasteiger charge is -2.21. The molecule has 0 aliphatic rings. The fourth-order valence-electron chi connectivity index (χ4n) is 3.24. The summed E-state index contributed by atoms with van der Waals surface area (Å²) in [5.41, 5.74) is 1.17. The molecule has 3 aromatic rings. The largest absolute Gasteiger partial charge is 0.497 e. The van der Waals surface area contributed by atoms with Gasteiger partial charge >= 0.3 is 0 Å². The van der Waals surface area contributed by atoms with Crippen LogP contribution in [0.2, 0.25) is 0 Å². The van der Waals surface area contributed by atoms with Gasteiger partial charge in [-0.05, 0) is 49.6 Å². The normalized spacial score (nSPS) is 12.7. The highest BCUT2D eigenvalue weighted by molar-refractivity contribution is 7.89. The topological polar surface area (TPSA) is 107 Å². The van der Waals surface area contributed by atoms with Gasteiger partial charge in [0, 0.05) is 6.07 Å². The number of nitrogens with zero attached hydrogens (tertiary/aromatic N) is 1. The highest BCUT2D eigenvalue weighted by Gasteiger charge is 2.27. The number of thiazole rings is 1. The van der Waals surface area contributed by atoms with Crippen LogP contribution in [0.3, 0.4) is 0 Å². The van der Waals surface area contributed by atoms with Gasteiger partial charge in [0.25, 0.3) is 0 Å². The molecule has 0 aliphatic heterocycles. The van der Waals surface area contributed by atoms with Crippen LogP contribution in [-0.4, -0.2) is 39.6 Å². The van der Waals surface area contributed by atoms with Crippen molar-refractivity contribution in [2.24, 2.45) is 5.92 Å². The number of nitrogens with one attached hydrogen (secondary N) is 2. The maximum Gasteiger partial charge on any atom is 0.242 e. The monoisotopic (exact) mass is 477 g/mol. The number of rotatable bonds is 9. The van der Waals surface area contributed by atoms with Crippen LogP contribution in [0.4, 0.5) is 5.69 Å². The molecule has 0 aliphatic carbocycles. The fraction of sp³-hybridized carbons (Fsp3) is 0.364. The van der Waals surface area contributed by atoms with Gasteiger partial charge in [-0.1, -0.05) is 13.8 Å². The predicted octanol–water partition coefficient (Wildman–Crippen LogP) is 3.95. The molecule has 2 aromatic carbocycles. The predicted molar refractivity (Wildman–Crippen MR) is 126 cm³/mol. The summed E-state index contributed by atoms with van der Waals surface area (Å²) in [5, 5.41) is 3.63. The minimum absolute atomic E-state index is 0.0813. The van der Waals surface area contributed by atoms with Crippen LogP contribution in [-0.2, 0) is 14.8 Å². The minimum Gasteiger partial charge on any atom is -0.497 e. The van der Waals surface area contributed by atoms with Gasteiger partial charge in [0.05, 0.1) is 40.0 Å². The van der Waals surface area contributed by atoms with Crippen LogP contribution >= 0.6 is 11.3 Å². The van der Waals surface area contributed by atoms with Gasteiger partial charge in [-0.3, -0.25) is 4.79 Å². The minimum atomic E-state index is -3.93. The van der Waals surface area contributed by atoms with Gasteiger partial charge in [0.1, 0.15) is 17.5 Å². The molecule has 0 saturated heterocycles. The van der Waals surface area contributed by atoms with E-state index in [4.69, 9.17) is 9.47 Å². The van der Waals surface area contributed by atoms with Crippen molar-refractivity contribution in [3.05, 3.63) is 41.4 Å². The second kappa shape index (κ2) is 9.85. The molecule has 0 saturated carbocycles. The Morgan fingerprint density at radius 2 is 1.88 bits per heavy atom. The van der Waals surface area contributed by atoms with E-state index < -0.39 is 22.0 Å². The molecule has 0 fully saturated rings. The summed E-state index contributed by atoms with van der Waals surface area (Å²) in [4.78, 5) is 17.5. The van der Waals surface area contributed by atoms with Gasteiger partial charge in [0.2, 0.25) is 15.9 Å². The average molecular weight is 478 g/mol. The number of anilines is 1. The van der Waals surface area contributed by atoms with Crippen molar-refractivity contribution in [1.29, 1.82) is 0 Å². The molecule has 10 heteroatoms. The first-order valence-electron chi connectivity index (χ1n) is 10.1. The standard InChI is InChI=1S/C22H27N3O5S2/c1-13(2)10-19(22(26)24-17-8-6-15(29-4)11-20(17)30-5)25-32(27,28)16-7-9-18-21(12-16)31-14(3)23-18/h6-9,11-13,19,25H,10H2,1-5H3,(H,24,26). The zero-order chi connectivity index (χ0) is 23.5. The van der Waals surface area contributed by atoms with Crippen LogP contribution in [0.15, 0.2) is 41.3 Å². The lowest BCUT2D eigenvalue weighted by molar-refractivity contribution is -0.118. The Kier molecular flexibility index (Phi) is 7.37. The van der Waals surface area contributed by atoms with Crippen molar-refractivity contribution >= 4 is 43.2 Å². The zero-order valence-corrected chi connectivity index (χ0v) is 20.3. The third-order valence-corrected chi connectivity index (χ3v) is 7.17. The van der Waals surface area contributed by atoms with Crippen molar-refractivity contribution in [3.8, 4) is 11.5 Å². The van der Waals surface area contributed by atoms with Crippen molar-refractivity contribution in [1.82, 2.24) is 9.71 Å². The van der Waals surface area contributed by atoms with E-state index in [2.05, 4.69) is 15.0 Å². The van der Waals surface area contributed by atoms with Gasteiger partial charge in [0.15, 0.2) is 0 Å². The number of aryl methyl sites for hydroxylation is 1. The van der Waals surface area contributed by atoms with E-state index in [1.807, 2.05) is 20.8 Å². The summed E-state index contributed by atoms with van der Waals surface area (Å²) < 4.78 is 40.0. The van der Waals surface area contributed by atoms with Crippen molar-refractivity contribution < 1.29 is 22.7 Å². The number of hydrogen-bond acceptors (Lipinski definition) is 7. The van der Waals surface area contributed by atoms with E-state index in [-0.39, 0.29) is 10.8 Å². The Morgan fingerprint density at radius 1 is 1.12 bits per heavy atom. The smallest absolute Gasteiger partial charge is 0.242 e. The second-order valence-corrected chi connectivity index (χ2v) is 10.7. The van der Waals surface area contributed by atoms with Crippen molar-refractivity contribution in [2.45, 2.75) is 38.1 Å². The van der Waals surface area contributed by atoms with Crippen molar-refractivity contribution in [2.75, 3.05) is 19.5 Å². The van der Waals surface area contributed by atoms with Gasteiger partial charge in [-0.15, -0.1) is 11.3 Å². The molecule has 1 amide bonds. The zero-order valence-electron chi connectivity index (χ0n) is 18.6. The number of fused-ring (bicyclic) bond motifs is 1. The summed E-state index contributed by atoms with van der Waals surface area (Å²) in [6, 6.07) is 8.77. The maximum absolute atomic E-state index is 13.1. The SMILES string of the molecule is COc1ccc(NC(=O)C(CC(C)C)NS(=O)(=O)c2ccc3nc(C)sc3c2)c(OC)c1. The Hall–Kier alpha value is -2.69. The number of methoxy groups -OCH3 is 2. The Labute approximate surface area is 192 Å². The molecule has 3 rings (SSSR count). The third-order valence-electron chi connectivity index (χ3n) is 4.76. The second-order valence-electron chi connectivity index (χ2n) is 7.72. The summed E-state index contributed by atoms with van der Waals surface area (Å²) in [5.74, 6) is 0.598. The highest BCUT2D eigenvalue weighted by Crippen LogP contribution is 2.30. The average Bonchev–Trinajstić information content (AvgIpc) is 3.12. The molecule has 2 N–H and O–H groups in total. The number of aromatic nitrogens is 1. The number of hydrogen-bond donors (Lipinski definition) is 2. The summed E-state index contributed by atoms with van der Waals surface area (Å²) in [6.07, 6.45) is 0.325. The first-order valence-corrected chi connectivity index (χ1v) is 12.4. The maximum atomic E-state index is 13.1. The lowest BCUT2D eigenvalue weighted by atomic mass is 10.0. The molecule has 1 aromatic heterocycles. The molecular formula is C22H27N3O5S2. The van der Waals surface area contributed by atoms with E-state index in [9.17, 15) is 13.2 Å².